The predicted molar refractivity (Wildman–Crippen MR) is 99.2 cm³/mol. The fraction of sp³-hybridized carbons (Fsp3) is 0.632. The molecule has 23 heavy (non-hydrogen) atoms. The number of hydrogen-bond donors (Lipinski definition) is 1. The molecule has 0 radical (unpaired) electrons. The van der Waals surface area contributed by atoms with Gasteiger partial charge in [-0.25, -0.2) is 0 Å². The van der Waals surface area contributed by atoms with Gasteiger partial charge in [0, 0.05) is 24.5 Å². The Morgan fingerprint density at radius 2 is 1.91 bits per heavy atom. The van der Waals surface area contributed by atoms with Crippen LogP contribution in [0.1, 0.15) is 43.5 Å². The quantitative estimate of drug-likeness (QED) is 0.606. The molecule has 0 bridgehead atoms. The number of unbranched alkanes of at least 4 members (excludes halogenated alkanes) is 1. The van der Waals surface area contributed by atoms with Crippen LogP contribution in [-0.2, 0) is 0 Å². The summed E-state index contributed by atoms with van der Waals surface area (Å²) < 4.78 is 0. The first-order valence-corrected chi connectivity index (χ1v) is 9.96. The molecule has 2 atom stereocenters. The standard InChI is InChI=1S/C19H30N2OS/c1-15-12-16(2)14-21(13-15)11-7-6-10-20-19(22)17-8-4-5-9-18(17)23-3/h4-5,8-9,15-16H,6-7,10-14H2,1-3H3,(H,20,22)/t15-,16-/m1/s1. The molecule has 2 rings (SSSR count). The number of amides is 1. The Bertz CT molecular complexity index is 496. The van der Waals surface area contributed by atoms with Gasteiger partial charge in [-0.2, -0.15) is 0 Å². The number of likely N-dealkylation sites (tertiary alicyclic amines) is 1. The fourth-order valence-electron chi connectivity index (χ4n) is 3.56. The fourth-order valence-corrected chi connectivity index (χ4v) is 4.16. The monoisotopic (exact) mass is 334 g/mol. The lowest BCUT2D eigenvalue weighted by molar-refractivity contribution is 0.0948. The van der Waals surface area contributed by atoms with Crippen LogP contribution in [0.25, 0.3) is 0 Å². The Morgan fingerprint density at radius 1 is 1.22 bits per heavy atom. The number of carbonyl (C=O) groups is 1. The first kappa shape index (κ1) is 18.3. The minimum absolute atomic E-state index is 0.0511. The molecule has 1 aliphatic rings. The summed E-state index contributed by atoms with van der Waals surface area (Å²) in [5, 5.41) is 3.06. The van der Waals surface area contributed by atoms with Gasteiger partial charge in [0.05, 0.1) is 5.56 Å². The van der Waals surface area contributed by atoms with Crippen molar-refractivity contribution in [3.05, 3.63) is 29.8 Å². The Hall–Kier alpha value is -1.00. The molecule has 3 nitrogen and oxygen atoms in total. The summed E-state index contributed by atoms with van der Waals surface area (Å²) in [5.41, 5.74) is 0.790. The summed E-state index contributed by atoms with van der Waals surface area (Å²) in [6, 6.07) is 7.80. The highest BCUT2D eigenvalue weighted by atomic mass is 32.2. The summed E-state index contributed by atoms with van der Waals surface area (Å²) >= 11 is 1.62. The molecule has 0 aliphatic carbocycles. The maximum Gasteiger partial charge on any atom is 0.252 e. The van der Waals surface area contributed by atoms with E-state index in [2.05, 4.69) is 24.1 Å². The van der Waals surface area contributed by atoms with E-state index < -0.39 is 0 Å². The van der Waals surface area contributed by atoms with E-state index in [4.69, 9.17) is 0 Å². The summed E-state index contributed by atoms with van der Waals surface area (Å²) in [6.45, 7) is 9.10. The van der Waals surface area contributed by atoms with Crippen LogP contribution in [0.15, 0.2) is 29.2 Å². The second-order valence-electron chi connectivity index (χ2n) is 6.87. The average molecular weight is 335 g/mol. The molecule has 4 heteroatoms. The molecular formula is C19H30N2OS. The number of thioether (sulfide) groups is 1. The molecule has 1 aromatic rings. The van der Waals surface area contributed by atoms with Gasteiger partial charge in [-0.05, 0) is 56.0 Å². The third-order valence-electron chi connectivity index (χ3n) is 4.48. The molecule has 1 amide bonds. The van der Waals surface area contributed by atoms with Crippen LogP contribution in [0.5, 0.6) is 0 Å². The molecular weight excluding hydrogens is 304 g/mol. The number of nitrogens with one attached hydrogen (secondary N) is 1. The first-order valence-electron chi connectivity index (χ1n) is 8.73. The number of piperidine rings is 1. The Balaban J connectivity index is 1.66. The smallest absolute Gasteiger partial charge is 0.252 e. The van der Waals surface area contributed by atoms with Crippen LogP contribution in [0.2, 0.25) is 0 Å². The van der Waals surface area contributed by atoms with Gasteiger partial charge in [0.25, 0.3) is 5.91 Å². The zero-order valence-corrected chi connectivity index (χ0v) is 15.5. The summed E-state index contributed by atoms with van der Waals surface area (Å²) in [5.74, 6) is 1.69. The topological polar surface area (TPSA) is 32.3 Å². The van der Waals surface area contributed by atoms with Crippen molar-refractivity contribution in [2.45, 2.75) is 38.0 Å². The highest BCUT2D eigenvalue weighted by Crippen LogP contribution is 2.21. The maximum absolute atomic E-state index is 12.2. The molecule has 1 saturated heterocycles. The molecule has 1 aliphatic heterocycles. The van der Waals surface area contributed by atoms with Crippen LogP contribution in [0, 0.1) is 11.8 Å². The van der Waals surface area contributed by atoms with Crippen LogP contribution in [0.4, 0.5) is 0 Å². The number of benzene rings is 1. The number of rotatable bonds is 7. The molecule has 1 N–H and O–H groups in total. The zero-order chi connectivity index (χ0) is 16.7. The third-order valence-corrected chi connectivity index (χ3v) is 5.28. The van der Waals surface area contributed by atoms with Gasteiger partial charge in [0.1, 0.15) is 0 Å². The molecule has 0 aromatic heterocycles. The van der Waals surface area contributed by atoms with Crippen molar-refractivity contribution < 1.29 is 4.79 Å². The lowest BCUT2D eigenvalue weighted by Crippen LogP contribution is -2.39. The van der Waals surface area contributed by atoms with Crippen molar-refractivity contribution in [1.82, 2.24) is 10.2 Å². The molecule has 1 fully saturated rings. The molecule has 1 aromatic carbocycles. The maximum atomic E-state index is 12.2. The Kier molecular flexibility index (Phi) is 7.44. The van der Waals surface area contributed by atoms with Gasteiger partial charge >= 0.3 is 0 Å². The van der Waals surface area contributed by atoms with Crippen LogP contribution < -0.4 is 5.32 Å². The lowest BCUT2D eigenvalue weighted by atomic mass is 9.92. The van der Waals surface area contributed by atoms with E-state index >= 15 is 0 Å². The average Bonchev–Trinajstić information content (AvgIpc) is 2.53. The van der Waals surface area contributed by atoms with Gasteiger partial charge in [0.15, 0.2) is 0 Å². The van der Waals surface area contributed by atoms with E-state index in [1.54, 1.807) is 11.8 Å². The van der Waals surface area contributed by atoms with Crippen molar-refractivity contribution in [3.8, 4) is 0 Å². The van der Waals surface area contributed by atoms with E-state index in [0.29, 0.717) is 0 Å². The largest absolute Gasteiger partial charge is 0.352 e. The first-order chi connectivity index (χ1) is 11.1. The van der Waals surface area contributed by atoms with Gasteiger partial charge in [-0.1, -0.05) is 26.0 Å². The van der Waals surface area contributed by atoms with Crippen molar-refractivity contribution in [2.24, 2.45) is 11.8 Å². The highest BCUT2D eigenvalue weighted by molar-refractivity contribution is 7.98. The van der Waals surface area contributed by atoms with Crippen LogP contribution in [-0.4, -0.2) is 43.2 Å². The predicted octanol–water partition coefficient (Wildman–Crippen LogP) is 3.90. The minimum Gasteiger partial charge on any atom is -0.352 e. The summed E-state index contributed by atoms with van der Waals surface area (Å²) in [7, 11) is 0. The van der Waals surface area contributed by atoms with E-state index in [0.717, 1.165) is 48.2 Å². The van der Waals surface area contributed by atoms with Gasteiger partial charge < -0.3 is 10.2 Å². The van der Waals surface area contributed by atoms with E-state index in [1.807, 2.05) is 30.5 Å². The summed E-state index contributed by atoms with van der Waals surface area (Å²) in [4.78, 5) is 15.9. The highest BCUT2D eigenvalue weighted by Gasteiger charge is 2.20. The van der Waals surface area contributed by atoms with Crippen LogP contribution >= 0.6 is 11.8 Å². The summed E-state index contributed by atoms with van der Waals surface area (Å²) in [6.07, 6.45) is 5.57. The SMILES string of the molecule is CSc1ccccc1C(=O)NCCCCN1C[C@H](C)C[C@@H](C)C1. The molecule has 0 unspecified atom stereocenters. The Morgan fingerprint density at radius 3 is 2.61 bits per heavy atom. The number of hydrogen-bond acceptors (Lipinski definition) is 3. The van der Waals surface area contributed by atoms with Crippen molar-refractivity contribution in [3.63, 3.8) is 0 Å². The number of carbonyl (C=O) groups excluding carboxylic acids is 1. The van der Waals surface area contributed by atoms with Crippen molar-refractivity contribution in [1.29, 1.82) is 0 Å². The van der Waals surface area contributed by atoms with E-state index in [9.17, 15) is 4.79 Å². The molecule has 128 valence electrons. The number of nitrogens with zero attached hydrogens (tertiary/aromatic N) is 1. The van der Waals surface area contributed by atoms with Crippen molar-refractivity contribution >= 4 is 17.7 Å². The van der Waals surface area contributed by atoms with Crippen LogP contribution in [0.3, 0.4) is 0 Å². The van der Waals surface area contributed by atoms with E-state index in [-0.39, 0.29) is 5.91 Å². The van der Waals surface area contributed by atoms with Gasteiger partial charge in [-0.15, -0.1) is 11.8 Å². The minimum atomic E-state index is 0.0511. The molecule has 0 saturated carbocycles. The van der Waals surface area contributed by atoms with Gasteiger partial charge in [0.2, 0.25) is 0 Å². The Labute approximate surface area is 145 Å². The lowest BCUT2D eigenvalue weighted by Gasteiger charge is -2.34. The molecule has 1 heterocycles. The third kappa shape index (κ3) is 5.85. The zero-order valence-electron chi connectivity index (χ0n) is 14.7. The van der Waals surface area contributed by atoms with E-state index in [1.165, 1.54) is 19.5 Å². The second kappa shape index (κ2) is 9.33. The van der Waals surface area contributed by atoms with Gasteiger partial charge in [-0.3, -0.25) is 4.79 Å². The second-order valence-corrected chi connectivity index (χ2v) is 7.72. The molecule has 0 spiro atoms. The normalized spacial score (nSPS) is 22.0. The van der Waals surface area contributed by atoms with Crippen molar-refractivity contribution in [2.75, 3.05) is 32.4 Å².